The maximum Gasteiger partial charge on any atom is 0.303 e. The van der Waals surface area contributed by atoms with Crippen LogP contribution in [0, 0.1) is 11.3 Å². The summed E-state index contributed by atoms with van der Waals surface area (Å²) in [7, 11) is 0. The molecule has 0 bridgehead atoms. The number of aliphatic carboxylic acids is 1. The first-order valence-electron chi connectivity index (χ1n) is 7.64. The van der Waals surface area contributed by atoms with Crippen LogP contribution >= 0.6 is 0 Å². The number of carbonyl (C=O) groups is 2. The van der Waals surface area contributed by atoms with E-state index in [1.54, 1.807) is 0 Å². The van der Waals surface area contributed by atoms with E-state index in [0.29, 0.717) is 11.3 Å². The second kappa shape index (κ2) is 6.40. The van der Waals surface area contributed by atoms with Gasteiger partial charge in [0, 0.05) is 18.9 Å². The zero-order chi connectivity index (χ0) is 13.7. The molecule has 0 aromatic rings. The average molecular weight is 267 g/mol. The van der Waals surface area contributed by atoms with E-state index in [2.05, 4.69) is 5.32 Å². The minimum Gasteiger partial charge on any atom is -0.481 e. The summed E-state index contributed by atoms with van der Waals surface area (Å²) in [6, 6.07) is 0. The molecule has 2 aliphatic rings. The van der Waals surface area contributed by atoms with Gasteiger partial charge in [0.25, 0.3) is 0 Å². The smallest absolute Gasteiger partial charge is 0.303 e. The summed E-state index contributed by atoms with van der Waals surface area (Å²) in [6.07, 6.45) is 10.1. The largest absolute Gasteiger partial charge is 0.481 e. The third-order valence-corrected chi connectivity index (χ3v) is 4.72. The van der Waals surface area contributed by atoms with Crippen molar-refractivity contribution >= 4 is 11.9 Å². The van der Waals surface area contributed by atoms with Crippen molar-refractivity contribution in [3.05, 3.63) is 0 Å². The standard InChI is InChI=1S/C15H25NO3/c17-13(18)7-3-1-2-6-10-16-14(19)12-11-15(12)8-4-5-9-15/h12H,1-11H2,(H,16,19)(H,17,18). The van der Waals surface area contributed by atoms with Gasteiger partial charge in [0.2, 0.25) is 5.91 Å². The van der Waals surface area contributed by atoms with Gasteiger partial charge in [0.15, 0.2) is 0 Å². The molecular formula is C15H25NO3. The molecule has 2 aliphatic carbocycles. The summed E-state index contributed by atoms with van der Waals surface area (Å²) < 4.78 is 0. The third kappa shape index (κ3) is 3.95. The summed E-state index contributed by atoms with van der Waals surface area (Å²) in [5, 5.41) is 11.5. The number of carboxylic acids is 1. The monoisotopic (exact) mass is 267 g/mol. The Labute approximate surface area is 115 Å². The van der Waals surface area contributed by atoms with Crippen LogP contribution in [0.3, 0.4) is 0 Å². The van der Waals surface area contributed by atoms with Gasteiger partial charge in [-0.25, -0.2) is 0 Å². The van der Waals surface area contributed by atoms with Crippen LogP contribution in [0.5, 0.6) is 0 Å². The molecule has 0 aromatic heterocycles. The molecule has 1 atom stereocenters. The van der Waals surface area contributed by atoms with Crippen molar-refractivity contribution < 1.29 is 14.7 Å². The third-order valence-electron chi connectivity index (χ3n) is 4.72. The maximum absolute atomic E-state index is 12.0. The lowest BCUT2D eigenvalue weighted by Gasteiger charge is -2.08. The lowest BCUT2D eigenvalue weighted by atomic mass is 10.0. The molecule has 2 N–H and O–H groups in total. The minimum atomic E-state index is -0.719. The topological polar surface area (TPSA) is 66.4 Å². The van der Waals surface area contributed by atoms with E-state index in [4.69, 9.17) is 5.11 Å². The molecule has 0 aromatic carbocycles. The van der Waals surface area contributed by atoms with Gasteiger partial charge in [-0.1, -0.05) is 25.7 Å². The number of hydrogen-bond acceptors (Lipinski definition) is 2. The zero-order valence-electron chi connectivity index (χ0n) is 11.6. The minimum absolute atomic E-state index is 0.257. The normalized spacial score (nSPS) is 23.5. The lowest BCUT2D eigenvalue weighted by molar-refractivity contribution is -0.137. The fourth-order valence-electron chi connectivity index (χ4n) is 3.44. The fourth-order valence-corrected chi connectivity index (χ4v) is 3.44. The summed E-state index contributed by atoms with van der Waals surface area (Å²) >= 11 is 0. The number of rotatable bonds is 8. The average Bonchev–Trinajstić information content (AvgIpc) is 2.85. The van der Waals surface area contributed by atoms with Crippen LogP contribution in [-0.4, -0.2) is 23.5 Å². The predicted molar refractivity (Wildman–Crippen MR) is 72.7 cm³/mol. The first-order chi connectivity index (χ1) is 9.14. The number of nitrogens with one attached hydrogen (secondary N) is 1. The van der Waals surface area contributed by atoms with Crippen LogP contribution in [0.4, 0.5) is 0 Å². The van der Waals surface area contributed by atoms with Gasteiger partial charge in [-0.3, -0.25) is 9.59 Å². The van der Waals surface area contributed by atoms with Crippen molar-refractivity contribution in [2.45, 2.75) is 64.2 Å². The molecule has 0 radical (unpaired) electrons. The van der Waals surface area contributed by atoms with Crippen molar-refractivity contribution in [1.82, 2.24) is 5.32 Å². The van der Waals surface area contributed by atoms with Crippen LogP contribution < -0.4 is 5.32 Å². The van der Waals surface area contributed by atoms with E-state index in [-0.39, 0.29) is 12.3 Å². The summed E-state index contributed by atoms with van der Waals surface area (Å²) in [5.41, 5.74) is 0.394. The first kappa shape index (κ1) is 14.4. The molecule has 1 spiro atoms. The Morgan fingerprint density at radius 3 is 2.47 bits per heavy atom. The lowest BCUT2D eigenvalue weighted by Crippen LogP contribution is -2.27. The Balaban J connectivity index is 1.48. The summed E-state index contributed by atoms with van der Waals surface area (Å²) in [4.78, 5) is 22.3. The van der Waals surface area contributed by atoms with Gasteiger partial charge in [0.05, 0.1) is 0 Å². The van der Waals surface area contributed by atoms with E-state index in [9.17, 15) is 9.59 Å². The molecule has 4 nitrogen and oxygen atoms in total. The number of amides is 1. The molecule has 1 unspecified atom stereocenters. The van der Waals surface area contributed by atoms with Gasteiger partial charge >= 0.3 is 5.97 Å². The number of unbranched alkanes of at least 4 members (excludes halogenated alkanes) is 3. The highest BCUT2D eigenvalue weighted by Crippen LogP contribution is 2.62. The fraction of sp³-hybridized carbons (Fsp3) is 0.867. The SMILES string of the molecule is O=C(O)CCCCCCNC(=O)C1CC12CCCC2. The zero-order valence-corrected chi connectivity index (χ0v) is 11.6. The molecular weight excluding hydrogens is 242 g/mol. The van der Waals surface area contributed by atoms with Crippen molar-refractivity contribution in [2.75, 3.05) is 6.54 Å². The van der Waals surface area contributed by atoms with Crippen molar-refractivity contribution in [2.24, 2.45) is 11.3 Å². The molecule has 4 heteroatoms. The Kier molecular flexibility index (Phi) is 4.83. The molecule has 0 aliphatic heterocycles. The molecule has 2 rings (SSSR count). The number of carbonyl (C=O) groups excluding carboxylic acids is 1. The molecule has 19 heavy (non-hydrogen) atoms. The van der Waals surface area contributed by atoms with E-state index in [0.717, 1.165) is 38.6 Å². The van der Waals surface area contributed by atoms with Gasteiger partial charge < -0.3 is 10.4 Å². The Bertz CT molecular complexity index is 334. The highest BCUT2D eigenvalue weighted by molar-refractivity contribution is 5.82. The molecule has 2 saturated carbocycles. The van der Waals surface area contributed by atoms with Gasteiger partial charge in [-0.05, 0) is 37.5 Å². The highest BCUT2D eigenvalue weighted by Gasteiger charge is 2.58. The molecule has 0 saturated heterocycles. The quantitative estimate of drug-likeness (QED) is 0.664. The number of hydrogen-bond donors (Lipinski definition) is 2. The molecule has 2 fully saturated rings. The van der Waals surface area contributed by atoms with Crippen LogP contribution in [0.25, 0.3) is 0 Å². The predicted octanol–water partition coefficient (Wildman–Crippen LogP) is 2.72. The molecule has 108 valence electrons. The van der Waals surface area contributed by atoms with E-state index in [1.807, 2.05) is 0 Å². The summed E-state index contributed by atoms with van der Waals surface area (Å²) in [6.45, 7) is 0.748. The van der Waals surface area contributed by atoms with Gasteiger partial charge in [-0.2, -0.15) is 0 Å². The van der Waals surface area contributed by atoms with Gasteiger partial charge in [0.1, 0.15) is 0 Å². The number of carboxylic acid groups (broad SMARTS) is 1. The van der Waals surface area contributed by atoms with Crippen LogP contribution in [0.2, 0.25) is 0 Å². The highest BCUT2D eigenvalue weighted by atomic mass is 16.4. The van der Waals surface area contributed by atoms with Crippen molar-refractivity contribution in [3.63, 3.8) is 0 Å². The summed E-state index contributed by atoms with van der Waals surface area (Å²) in [5.74, 6) is -0.168. The maximum atomic E-state index is 12.0. The first-order valence-corrected chi connectivity index (χ1v) is 7.64. The Morgan fingerprint density at radius 2 is 1.79 bits per heavy atom. The van der Waals surface area contributed by atoms with Gasteiger partial charge in [-0.15, -0.1) is 0 Å². The second-order valence-electron chi connectivity index (χ2n) is 6.18. The second-order valence-corrected chi connectivity index (χ2v) is 6.18. The van der Waals surface area contributed by atoms with E-state index in [1.165, 1.54) is 25.7 Å². The Morgan fingerprint density at radius 1 is 1.11 bits per heavy atom. The molecule has 1 amide bonds. The van der Waals surface area contributed by atoms with Crippen molar-refractivity contribution in [3.8, 4) is 0 Å². The van der Waals surface area contributed by atoms with Crippen LogP contribution in [0.15, 0.2) is 0 Å². The van der Waals surface area contributed by atoms with Crippen molar-refractivity contribution in [1.29, 1.82) is 0 Å². The van der Waals surface area contributed by atoms with Crippen LogP contribution in [0.1, 0.15) is 64.2 Å². The Hall–Kier alpha value is -1.06. The van der Waals surface area contributed by atoms with Crippen LogP contribution in [-0.2, 0) is 9.59 Å². The van der Waals surface area contributed by atoms with E-state index < -0.39 is 5.97 Å². The van der Waals surface area contributed by atoms with E-state index >= 15 is 0 Å². The molecule has 0 heterocycles.